The summed E-state index contributed by atoms with van der Waals surface area (Å²) in [6.07, 6.45) is 1.87. The number of pyridine rings is 1. The van der Waals surface area contributed by atoms with Crippen molar-refractivity contribution in [2.24, 2.45) is 0 Å². The SMILES string of the molecule is Cc1cc([C@@H](C)Nc2ccc(Cl)nc2S(=O)(=O)NC(C)(C)C)c2oc(/C(C=N)=C/[NH2+]C(F)F)c(C)c(=O)c2c1. The van der Waals surface area contributed by atoms with Crippen molar-refractivity contribution in [2.45, 2.75) is 64.7 Å². The molecule has 0 unspecified atom stereocenters. The summed E-state index contributed by atoms with van der Waals surface area (Å²) in [5.74, 6) is -0.0116. The number of nitrogens with one attached hydrogen (secondary N) is 3. The summed E-state index contributed by atoms with van der Waals surface area (Å²) in [5.41, 5.74) is 0.609. The number of alkyl halides is 2. The molecule has 0 saturated heterocycles. The van der Waals surface area contributed by atoms with Crippen LogP contribution in [0.1, 0.15) is 56.2 Å². The van der Waals surface area contributed by atoms with E-state index in [2.05, 4.69) is 15.0 Å². The van der Waals surface area contributed by atoms with Gasteiger partial charge in [-0.15, -0.1) is 0 Å². The van der Waals surface area contributed by atoms with Crippen molar-refractivity contribution in [1.82, 2.24) is 9.71 Å². The average Bonchev–Trinajstić information content (AvgIpc) is 2.81. The Bertz CT molecular complexity index is 1620. The van der Waals surface area contributed by atoms with Gasteiger partial charge in [-0.05, 0) is 65.3 Å². The van der Waals surface area contributed by atoms with E-state index in [0.29, 0.717) is 10.9 Å². The van der Waals surface area contributed by atoms with Crippen molar-refractivity contribution >= 4 is 50.1 Å². The Kier molecular flexibility index (Phi) is 8.95. The fourth-order valence-corrected chi connectivity index (χ4v) is 5.76. The number of rotatable bonds is 9. The van der Waals surface area contributed by atoms with Crippen molar-refractivity contribution in [3.05, 3.63) is 68.3 Å². The first-order valence-corrected chi connectivity index (χ1v) is 13.8. The van der Waals surface area contributed by atoms with Gasteiger partial charge in [0.2, 0.25) is 0 Å². The van der Waals surface area contributed by atoms with Crippen LogP contribution in [0.4, 0.5) is 14.5 Å². The summed E-state index contributed by atoms with van der Waals surface area (Å²) in [4.78, 5) is 17.3. The van der Waals surface area contributed by atoms with Crippen LogP contribution < -0.4 is 20.8 Å². The second-order valence-electron chi connectivity index (χ2n) is 10.1. The molecule has 0 fully saturated rings. The van der Waals surface area contributed by atoms with E-state index in [1.54, 1.807) is 46.8 Å². The Morgan fingerprint density at radius 2 is 1.90 bits per heavy atom. The maximum atomic E-state index is 13.3. The smallest absolute Gasteiger partial charge is 0.382 e. The lowest BCUT2D eigenvalue weighted by molar-refractivity contribution is -0.680. The Labute approximate surface area is 230 Å². The summed E-state index contributed by atoms with van der Waals surface area (Å²) < 4.78 is 60.5. The van der Waals surface area contributed by atoms with Crippen LogP contribution in [0.5, 0.6) is 0 Å². The molecule has 210 valence electrons. The van der Waals surface area contributed by atoms with Crippen LogP contribution in [0.15, 0.2) is 44.7 Å². The van der Waals surface area contributed by atoms with Crippen LogP contribution in [-0.2, 0) is 10.0 Å². The van der Waals surface area contributed by atoms with Crippen LogP contribution in [0.3, 0.4) is 0 Å². The number of anilines is 1. The summed E-state index contributed by atoms with van der Waals surface area (Å²) in [5, 5.41) is 11.4. The molecule has 0 aliphatic heterocycles. The molecule has 2 heterocycles. The monoisotopic (exact) mass is 582 g/mol. The third-order valence-electron chi connectivity index (χ3n) is 5.59. The summed E-state index contributed by atoms with van der Waals surface area (Å²) in [6, 6.07) is 5.75. The van der Waals surface area contributed by atoms with Crippen molar-refractivity contribution in [2.75, 3.05) is 5.32 Å². The molecule has 3 aromatic rings. The highest BCUT2D eigenvalue weighted by Crippen LogP contribution is 2.32. The number of halogens is 3. The Morgan fingerprint density at radius 3 is 2.49 bits per heavy atom. The number of sulfonamides is 1. The number of hydrogen-bond donors (Lipinski definition) is 4. The molecule has 39 heavy (non-hydrogen) atoms. The molecule has 0 radical (unpaired) electrons. The number of hydrogen-bond acceptors (Lipinski definition) is 7. The number of benzene rings is 1. The average molecular weight is 583 g/mol. The Hall–Kier alpha value is -3.19. The van der Waals surface area contributed by atoms with E-state index >= 15 is 0 Å². The third kappa shape index (κ3) is 7.07. The van der Waals surface area contributed by atoms with Crippen LogP contribution in [0.2, 0.25) is 5.15 Å². The quantitative estimate of drug-likeness (QED) is 0.166. The topological polar surface area (TPSA) is 142 Å². The molecule has 2 aromatic heterocycles. The molecule has 0 amide bonds. The van der Waals surface area contributed by atoms with Crippen molar-refractivity contribution in [1.29, 1.82) is 5.41 Å². The zero-order valence-electron chi connectivity index (χ0n) is 22.3. The molecule has 0 aliphatic rings. The zero-order valence-corrected chi connectivity index (χ0v) is 23.9. The highest BCUT2D eigenvalue weighted by atomic mass is 35.5. The molecule has 0 spiro atoms. The van der Waals surface area contributed by atoms with Crippen LogP contribution in [-0.4, -0.2) is 31.7 Å². The van der Waals surface area contributed by atoms with Gasteiger partial charge < -0.3 is 15.1 Å². The largest absolute Gasteiger partial charge is 0.455 e. The van der Waals surface area contributed by atoms with Crippen molar-refractivity contribution in [3.63, 3.8) is 0 Å². The summed E-state index contributed by atoms with van der Waals surface area (Å²) in [7, 11) is -4.08. The Balaban J connectivity index is 2.19. The number of quaternary nitrogens is 1. The fourth-order valence-electron chi connectivity index (χ4n) is 4.03. The number of aromatic nitrogens is 1. The highest BCUT2D eigenvalue weighted by molar-refractivity contribution is 7.89. The van der Waals surface area contributed by atoms with Gasteiger partial charge >= 0.3 is 6.55 Å². The van der Waals surface area contributed by atoms with Gasteiger partial charge in [0.25, 0.3) is 10.0 Å². The van der Waals surface area contributed by atoms with E-state index in [0.717, 1.165) is 18.0 Å². The second kappa shape index (κ2) is 11.5. The maximum absolute atomic E-state index is 13.3. The van der Waals surface area contributed by atoms with Crippen molar-refractivity contribution in [3.8, 4) is 0 Å². The zero-order chi connectivity index (χ0) is 29.3. The standard InChI is InChI=1S/C26H30ClF2N5O4S/c1-13-9-17(15(3)32-19-7-8-20(27)33-24(19)39(36,37)34-26(4,5)6)23-18(10-13)21(35)14(2)22(38-23)16(11-30)12-31-25(28)29/h7-12,15,25,30-32,34H,1-6H3/p+1/b16-12+,30-11?/t15-/m1/s1. The molecule has 3 rings (SSSR count). The fraction of sp³-hybridized carbons (Fsp3) is 0.346. The molecule has 0 aliphatic carbocycles. The van der Waals surface area contributed by atoms with Gasteiger partial charge in [-0.25, -0.2) is 18.1 Å². The van der Waals surface area contributed by atoms with Crippen molar-refractivity contribution < 1.29 is 26.9 Å². The minimum atomic E-state index is -4.08. The third-order valence-corrected chi connectivity index (χ3v) is 7.50. The highest BCUT2D eigenvalue weighted by Gasteiger charge is 2.28. The summed E-state index contributed by atoms with van der Waals surface area (Å²) in [6.45, 7) is 7.38. The van der Waals surface area contributed by atoms with Gasteiger partial charge in [0.1, 0.15) is 22.7 Å². The van der Waals surface area contributed by atoms with Gasteiger partial charge in [0.05, 0.1) is 22.7 Å². The molecule has 9 nitrogen and oxygen atoms in total. The van der Waals surface area contributed by atoms with E-state index in [4.69, 9.17) is 21.4 Å². The van der Waals surface area contributed by atoms with Crippen LogP contribution in [0.25, 0.3) is 16.5 Å². The number of aryl methyl sites for hydroxylation is 1. The Morgan fingerprint density at radius 1 is 1.23 bits per heavy atom. The van der Waals surface area contributed by atoms with E-state index in [1.807, 2.05) is 0 Å². The van der Waals surface area contributed by atoms with Gasteiger partial charge in [0.15, 0.2) is 10.5 Å². The maximum Gasteiger partial charge on any atom is 0.382 e. The lowest BCUT2D eigenvalue weighted by Crippen LogP contribution is -2.82. The number of allylic oxidation sites excluding steroid dienone is 1. The molecule has 13 heteroatoms. The van der Waals surface area contributed by atoms with Crippen LogP contribution >= 0.6 is 11.6 Å². The first-order chi connectivity index (χ1) is 18.0. The minimum Gasteiger partial charge on any atom is -0.455 e. The molecule has 1 atom stereocenters. The van der Waals surface area contributed by atoms with Gasteiger partial charge in [0, 0.05) is 22.9 Å². The summed E-state index contributed by atoms with van der Waals surface area (Å²) >= 11 is 6.03. The predicted octanol–water partition coefficient (Wildman–Crippen LogP) is 4.48. The van der Waals surface area contributed by atoms with Gasteiger partial charge in [-0.1, -0.05) is 17.7 Å². The van der Waals surface area contributed by atoms with Crippen LogP contribution in [0, 0.1) is 19.3 Å². The van der Waals surface area contributed by atoms with E-state index in [1.165, 1.54) is 19.1 Å². The van der Waals surface area contributed by atoms with Gasteiger partial charge in [-0.2, -0.15) is 8.78 Å². The van der Waals surface area contributed by atoms with E-state index < -0.39 is 28.2 Å². The predicted molar refractivity (Wildman–Crippen MR) is 148 cm³/mol. The number of nitrogens with zero attached hydrogens (tertiary/aromatic N) is 1. The lowest BCUT2D eigenvalue weighted by atomic mass is 9.99. The number of nitrogens with two attached hydrogens (primary N) is 1. The molecule has 0 saturated carbocycles. The number of fused-ring (bicyclic) bond motifs is 1. The normalized spacial score (nSPS) is 13.6. The first kappa shape index (κ1) is 30.4. The molecular formula is C26H31ClF2N5O4S+. The molecular weight excluding hydrogens is 552 g/mol. The molecule has 1 aromatic carbocycles. The molecule has 0 bridgehead atoms. The van der Waals surface area contributed by atoms with E-state index in [-0.39, 0.29) is 49.2 Å². The lowest BCUT2D eigenvalue weighted by Gasteiger charge is -2.23. The molecule has 5 N–H and O–H groups in total. The first-order valence-electron chi connectivity index (χ1n) is 11.9. The van der Waals surface area contributed by atoms with E-state index in [9.17, 15) is 22.0 Å². The second-order valence-corrected chi connectivity index (χ2v) is 12.1. The minimum absolute atomic E-state index is 0.00229. The van der Waals surface area contributed by atoms with Gasteiger partial charge in [-0.3, -0.25) is 10.1 Å².